The fraction of sp³-hybridized carbons (Fsp3) is 0.714. The van der Waals surface area contributed by atoms with Crippen LogP contribution in [-0.2, 0) is 16.1 Å². The normalized spacial score (nSPS) is 23.3. The predicted molar refractivity (Wildman–Crippen MR) is 74.1 cm³/mol. The van der Waals surface area contributed by atoms with E-state index in [0.29, 0.717) is 12.3 Å². The molecule has 3 heterocycles. The van der Waals surface area contributed by atoms with Crippen molar-refractivity contribution in [1.29, 1.82) is 0 Å². The first-order chi connectivity index (χ1) is 9.83. The van der Waals surface area contributed by atoms with E-state index in [9.17, 15) is 4.79 Å². The van der Waals surface area contributed by atoms with E-state index in [1.165, 1.54) is 0 Å². The summed E-state index contributed by atoms with van der Waals surface area (Å²) in [5, 5.41) is 10.7. The SMILES string of the molecule is O=C(C[C@@H]1CNCc2ccnn21)NCC1CCOCC1. The average molecular weight is 278 g/mol. The number of carbonyl (C=O) groups is 1. The number of fused-ring (bicyclic) bond motifs is 1. The number of aromatic nitrogens is 2. The maximum absolute atomic E-state index is 12.1. The Kier molecular flexibility index (Phi) is 4.32. The lowest BCUT2D eigenvalue weighted by Gasteiger charge is -2.26. The Balaban J connectivity index is 1.47. The van der Waals surface area contributed by atoms with Crippen LogP contribution >= 0.6 is 0 Å². The van der Waals surface area contributed by atoms with Gasteiger partial charge in [0.1, 0.15) is 0 Å². The summed E-state index contributed by atoms with van der Waals surface area (Å²) in [6, 6.07) is 2.13. The molecule has 1 atom stereocenters. The number of nitrogens with one attached hydrogen (secondary N) is 2. The molecule has 0 saturated carbocycles. The van der Waals surface area contributed by atoms with Gasteiger partial charge in [0.15, 0.2) is 0 Å². The average Bonchev–Trinajstić information content (AvgIpc) is 2.96. The van der Waals surface area contributed by atoms with Gasteiger partial charge in [0.2, 0.25) is 5.91 Å². The Hall–Kier alpha value is -1.40. The molecule has 0 spiro atoms. The van der Waals surface area contributed by atoms with Crippen molar-refractivity contribution in [3.05, 3.63) is 18.0 Å². The van der Waals surface area contributed by atoms with Gasteiger partial charge in [-0.05, 0) is 24.8 Å². The Labute approximate surface area is 118 Å². The molecule has 3 rings (SSSR count). The van der Waals surface area contributed by atoms with E-state index >= 15 is 0 Å². The lowest BCUT2D eigenvalue weighted by atomic mass is 10.0. The molecule has 0 unspecified atom stereocenters. The second kappa shape index (κ2) is 6.37. The fourth-order valence-corrected chi connectivity index (χ4v) is 2.92. The zero-order valence-corrected chi connectivity index (χ0v) is 11.7. The van der Waals surface area contributed by atoms with Gasteiger partial charge in [-0.3, -0.25) is 9.48 Å². The summed E-state index contributed by atoms with van der Waals surface area (Å²) in [7, 11) is 0. The van der Waals surface area contributed by atoms with Gasteiger partial charge in [0.25, 0.3) is 0 Å². The Morgan fingerprint density at radius 2 is 2.35 bits per heavy atom. The molecule has 1 amide bonds. The Morgan fingerprint density at radius 3 is 3.20 bits per heavy atom. The molecule has 0 bridgehead atoms. The zero-order valence-electron chi connectivity index (χ0n) is 11.7. The Bertz CT molecular complexity index is 454. The molecule has 1 aromatic heterocycles. The highest BCUT2D eigenvalue weighted by Crippen LogP contribution is 2.17. The smallest absolute Gasteiger partial charge is 0.222 e. The molecule has 1 aromatic rings. The van der Waals surface area contributed by atoms with E-state index in [4.69, 9.17) is 4.74 Å². The topological polar surface area (TPSA) is 68.2 Å². The van der Waals surface area contributed by atoms with Crippen molar-refractivity contribution >= 4 is 5.91 Å². The van der Waals surface area contributed by atoms with Gasteiger partial charge in [-0.1, -0.05) is 0 Å². The summed E-state index contributed by atoms with van der Waals surface area (Å²) in [4.78, 5) is 12.1. The Morgan fingerprint density at radius 1 is 1.50 bits per heavy atom. The van der Waals surface area contributed by atoms with Gasteiger partial charge in [-0.15, -0.1) is 0 Å². The number of hydrogen-bond acceptors (Lipinski definition) is 4. The summed E-state index contributed by atoms with van der Waals surface area (Å²) in [6.07, 6.45) is 4.39. The molecule has 1 saturated heterocycles. The maximum Gasteiger partial charge on any atom is 0.222 e. The molecule has 20 heavy (non-hydrogen) atoms. The van der Waals surface area contributed by atoms with Gasteiger partial charge in [-0.25, -0.2) is 0 Å². The first-order valence-corrected chi connectivity index (χ1v) is 7.40. The number of carbonyl (C=O) groups excluding carboxylic acids is 1. The van der Waals surface area contributed by atoms with Crippen LogP contribution in [0.25, 0.3) is 0 Å². The highest BCUT2D eigenvalue weighted by Gasteiger charge is 2.23. The molecule has 0 aromatic carbocycles. The summed E-state index contributed by atoms with van der Waals surface area (Å²) in [5.74, 6) is 0.684. The standard InChI is InChI=1S/C14H22N4O2/c19-14(16-8-11-2-5-20-6-3-11)7-13-10-15-9-12-1-4-17-18(12)13/h1,4,11,13,15H,2-3,5-10H2,(H,16,19)/t13-/m1/s1. The van der Waals surface area contributed by atoms with E-state index in [2.05, 4.69) is 15.7 Å². The van der Waals surface area contributed by atoms with Crippen molar-refractivity contribution in [1.82, 2.24) is 20.4 Å². The summed E-state index contributed by atoms with van der Waals surface area (Å²) < 4.78 is 7.30. The van der Waals surface area contributed by atoms with Crippen molar-refractivity contribution in [2.24, 2.45) is 5.92 Å². The van der Waals surface area contributed by atoms with Gasteiger partial charge < -0.3 is 15.4 Å². The van der Waals surface area contributed by atoms with Crippen LogP contribution in [-0.4, -0.2) is 42.0 Å². The first kappa shape index (κ1) is 13.6. The monoisotopic (exact) mass is 278 g/mol. The molecule has 1 fully saturated rings. The molecule has 6 nitrogen and oxygen atoms in total. The zero-order chi connectivity index (χ0) is 13.8. The van der Waals surface area contributed by atoms with Crippen LogP contribution in [0.1, 0.15) is 31.0 Å². The van der Waals surface area contributed by atoms with Crippen molar-refractivity contribution < 1.29 is 9.53 Å². The van der Waals surface area contributed by atoms with Crippen LogP contribution in [0.15, 0.2) is 12.3 Å². The molecule has 2 aliphatic heterocycles. The number of rotatable bonds is 4. The third kappa shape index (κ3) is 3.19. The number of ether oxygens (including phenoxy) is 1. The summed E-state index contributed by atoms with van der Waals surface area (Å²) in [5.41, 5.74) is 1.15. The quantitative estimate of drug-likeness (QED) is 0.839. The van der Waals surface area contributed by atoms with Crippen molar-refractivity contribution in [3.8, 4) is 0 Å². The van der Waals surface area contributed by atoms with Crippen LogP contribution in [0.3, 0.4) is 0 Å². The molecular weight excluding hydrogens is 256 g/mol. The molecule has 6 heteroatoms. The molecule has 2 aliphatic rings. The summed E-state index contributed by atoms with van der Waals surface area (Å²) >= 11 is 0. The largest absolute Gasteiger partial charge is 0.381 e. The van der Waals surface area contributed by atoms with Crippen molar-refractivity contribution in [3.63, 3.8) is 0 Å². The molecule has 0 radical (unpaired) electrons. The van der Waals surface area contributed by atoms with Crippen molar-refractivity contribution in [2.45, 2.75) is 31.8 Å². The van der Waals surface area contributed by atoms with Crippen LogP contribution in [0.5, 0.6) is 0 Å². The second-order valence-corrected chi connectivity index (χ2v) is 5.62. The van der Waals surface area contributed by atoms with Gasteiger partial charge in [0, 0.05) is 39.0 Å². The molecule has 0 aliphatic carbocycles. The van der Waals surface area contributed by atoms with E-state index in [-0.39, 0.29) is 11.9 Å². The number of amides is 1. The maximum atomic E-state index is 12.1. The lowest BCUT2D eigenvalue weighted by Crippen LogP contribution is -2.38. The van der Waals surface area contributed by atoms with Crippen molar-refractivity contribution in [2.75, 3.05) is 26.3 Å². The second-order valence-electron chi connectivity index (χ2n) is 5.62. The van der Waals surface area contributed by atoms with E-state index < -0.39 is 0 Å². The van der Waals surface area contributed by atoms with E-state index in [1.54, 1.807) is 6.20 Å². The predicted octanol–water partition coefficient (Wildman–Crippen LogP) is 0.460. The van der Waals surface area contributed by atoms with Gasteiger partial charge in [-0.2, -0.15) is 5.10 Å². The third-order valence-electron chi connectivity index (χ3n) is 4.13. The lowest BCUT2D eigenvalue weighted by molar-refractivity contribution is -0.122. The van der Waals surface area contributed by atoms with Crippen LogP contribution in [0, 0.1) is 5.92 Å². The third-order valence-corrected chi connectivity index (χ3v) is 4.13. The molecule has 2 N–H and O–H groups in total. The minimum Gasteiger partial charge on any atom is -0.381 e. The van der Waals surface area contributed by atoms with Crippen LogP contribution in [0.2, 0.25) is 0 Å². The minimum absolute atomic E-state index is 0.117. The van der Waals surface area contributed by atoms with E-state index in [0.717, 1.165) is 51.4 Å². The molecule has 110 valence electrons. The number of hydrogen-bond donors (Lipinski definition) is 2. The minimum atomic E-state index is 0.117. The van der Waals surface area contributed by atoms with Crippen LogP contribution in [0.4, 0.5) is 0 Å². The van der Waals surface area contributed by atoms with Gasteiger partial charge >= 0.3 is 0 Å². The highest BCUT2D eigenvalue weighted by atomic mass is 16.5. The molecular formula is C14H22N4O2. The van der Waals surface area contributed by atoms with E-state index in [1.807, 2.05) is 10.7 Å². The fourth-order valence-electron chi connectivity index (χ4n) is 2.92. The summed E-state index contributed by atoms with van der Waals surface area (Å²) in [6.45, 7) is 4.06. The first-order valence-electron chi connectivity index (χ1n) is 7.40. The van der Waals surface area contributed by atoms with Crippen LogP contribution < -0.4 is 10.6 Å². The van der Waals surface area contributed by atoms with Gasteiger partial charge in [0.05, 0.1) is 18.2 Å². The highest BCUT2D eigenvalue weighted by molar-refractivity contribution is 5.76. The number of nitrogens with zero attached hydrogens (tertiary/aromatic N) is 2.